The van der Waals surface area contributed by atoms with Gasteiger partial charge in [-0.2, -0.15) is 5.26 Å². The quantitative estimate of drug-likeness (QED) is 0.829. The molecule has 1 unspecified atom stereocenters. The van der Waals surface area contributed by atoms with Gasteiger partial charge in [0.1, 0.15) is 18.0 Å². The maximum Gasteiger partial charge on any atom is 0.166 e. The Morgan fingerprint density at radius 3 is 2.81 bits per heavy atom. The van der Waals surface area contributed by atoms with E-state index in [2.05, 4.69) is 5.32 Å². The second kappa shape index (κ2) is 4.45. The van der Waals surface area contributed by atoms with Crippen LogP contribution in [-0.2, 0) is 0 Å². The fourth-order valence-corrected chi connectivity index (χ4v) is 1.61. The number of rotatable bonds is 2. The number of halogens is 2. The van der Waals surface area contributed by atoms with E-state index >= 15 is 0 Å². The molecule has 1 aromatic carbocycles. The average Bonchev–Trinajstić information content (AvgIpc) is 2.75. The molecule has 1 aliphatic heterocycles. The molecule has 3 nitrogen and oxygen atoms in total. The van der Waals surface area contributed by atoms with E-state index in [1.165, 1.54) is 0 Å². The lowest BCUT2D eigenvalue weighted by atomic mass is 10.2. The molecule has 1 atom stereocenters. The van der Waals surface area contributed by atoms with Crippen LogP contribution in [0.25, 0.3) is 0 Å². The molecule has 2 rings (SSSR count). The number of benzene rings is 1. The summed E-state index contributed by atoms with van der Waals surface area (Å²) in [5, 5.41) is 11.6. The highest BCUT2D eigenvalue weighted by Gasteiger charge is 2.19. The van der Waals surface area contributed by atoms with Crippen LogP contribution in [0.3, 0.4) is 0 Å². The number of nitrogens with one attached hydrogen (secondary N) is 1. The monoisotopic (exact) mass is 224 g/mol. The van der Waals surface area contributed by atoms with E-state index in [1.54, 1.807) is 6.07 Å². The summed E-state index contributed by atoms with van der Waals surface area (Å²) in [6.45, 7) is 1.44. The van der Waals surface area contributed by atoms with Crippen LogP contribution in [0.1, 0.15) is 12.0 Å². The second-order valence-electron chi connectivity index (χ2n) is 3.61. The Kier molecular flexibility index (Phi) is 3.02. The van der Waals surface area contributed by atoms with Gasteiger partial charge in [0.15, 0.2) is 11.6 Å². The van der Waals surface area contributed by atoms with Crippen molar-refractivity contribution in [2.75, 3.05) is 13.1 Å². The smallest absolute Gasteiger partial charge is 0.166 e. The number of nitriles is 1. The lowest BCUT2D eigenvalue weighted by molar-refractivity contribution is 0.212. The van der Waals surface area contributed by atoms with Crippen LogP contribution >= 0.6 is 0 Å². The summed E-state index contributed by atoms with van der Waals surface area (Å²) in [6, 6.07) is 3.35. The Bertz CT molecular complexity index is 436. The first-order valence-electron chi connectivity index (χ1n) is 4.97. The van der Waals surface area contributed by atoms with Crippen molar-refractivity contribution in [1.82, 2.24) is 5.32 Å². The topological polar surface area (TPSA) is 45.0 Å². The summed E-state index contributed by atoms with van der Waals surface area (Å²) in [5.74, 6) is -1.60. The van der Waals surface area contributed by atoms with E-state index in [1.807, 2.05) is 0 Å². The fraction of sp³-hybridized carbons (Fsp3) is 0.364. The van der Waals surface area contributed by atoms with Gasteiger partial charge in [-0.1, -0.05) is 0 Å². The Morgan fingerprint density at radius 1 is 1.38 bits per heavy atom. The van der Waals surface area contributed by atoms with Crippen LogP contribution in [0.2, 0.25) is 0 Å². The predicted octanol–water partition coefficient (Wildman–Crippen LogP) is 1.58. The minimum absolute atomic E-state index is 0.134. The van der Waals surface area contributed by atoms with Crippen LogP contribution in [0.15, 0.2) is 12.1 Å². The normalized spacial score (nSPS) is 19.4. The largest absolute Gasteiger partial charge is 0.486 e. The standard InChI is InChI=1S/C11H10F2N2O/c12-9-4-11(10(13)3-7(9)5-14)16-8-1-2-15-6-8/h3-4,8,15H,1-2,6H2. The van der Waals surface area contributed by atoms with Crippen molar-refractivity contribution in [3.8, 4) is 11.8 Å². The summed E-state index contributed by atoms with van der Waals surface area (Å²) < 4.78 is 31.9. The van der Waals surface area contributed by atoms with Gasteiger partial charge in [-0.15, -0.1) is 0 Å². The lowest BCUT2D eigenvalue weighted by Crippen LogP contribution is -2.20. The number of hydrogen-bond donors (Lipinski definition) is 1. The van der Waals surface area contributed by atoms with Gasteiger partial charge in [-0.25, -0.2) is 8.78 Å². The molecule has 0 aliphatic carbocycles. The minimum atomic E-state index is -0.759. The van der Waals surface area contributed by atoms with Crippen molar-refractivity contribution >= 4 is 0 Å². The third-order valence-electron chi connectivity index (χ3n) is 2.45. The maximum atomic E-state index is 13.4. The lowest BCUT2D eigenvalue weighted by Gasteiger charge is -2.13. The van der Waals surface area contributed by atoms with E-state index < -0.39 is 11.6 Å². The molecule has 5 heteroatoms. The highest BCUT2D eigenvalue weighted by atomic mass is 19.1. The molecular formula is C11H10F2N2O. The molecular weight excluding hydrogens is 214 g/mol. The maximum absolute atomic E-state index is 13.4. The molecule has 1 aliphatic rings. The van der Waals surface area contributed by atoms with Crippen LogP contribution in [0.5, 0.6) is 5.75 Å². The number of nitrogens with zero attached hydrogens (tertiary/aromatic N) is 1. The molecule has 0 spiro atoms. The second-order valence-corrected chi connectivity index (χ2v) is 3.61. The highest BCUT2D eigenvalue weighted by Crippen LogP contribution is 2.23. The zero-order valence-corrected chi connectivity index (χ0v) is 8.46. The van der Waals surface area contributed by atoms with Gasteiger partial charge in [0.2, 0.25) is 0 Å². The highest BCUT2D eigenvalue weighted by molar-refractivity contribution is 5.37. The van der Waals surface area contributed by atoms with Gasteiger partial charge in [-0.05, 0) is 19.0 Å². The molecule has 0 radical (unpaired) electrons. The van der Waals surface area contributed by atoms with E-state index in [0.717, 1.165) is 25.1 Å². The zero-order valence-electron chi connectivity index (χ0n) is 8.46. The average molecular weight is 224 g/mol. The Morgan fingerprint density at radius 2 is 2.19 bits per heavy atom. The molecule has 1 N–H and O–H groups in total. The molecule has 16 heavy (non-hydrogen) atoms. The summed E-state index contributed by atoms with van der Waals surface area (Å²) in [4.78, 5) is 0. The summed E-state index contributed by atoms with van der Waals surface area (Å²) in [6.07, 6.45) is 0.628. The summed E-state index contributed by atoms with van der Waals surface area (Å²) in [7, 11) is 0. The van der Waals surface area contributed by atoms with E-state index in [-0.39, 0.29) is 17.4 Å². The van der Waals surface area contributed by atoms with E-state index in [9.17, 15) is 8.78 Å². The number of ether oxygens (including phenoxy) is 1. The van der Waals surface area contributed by atoms with Gasteiger partial charge >= 0.3 is 0 Å². The van der Waals surface area contributed by atoms with Gasteiger partial charge < -0.3 is 10.1 Å². The molecule has 1 aromatic rings. The molecule has 1 saturated heterocycles. The van der Waals surface area contributed by atoms with Crippen molar-refractivity contribution in [3.05, 3.63) is 29.3 Å². The first kappa shape index (κ1) is 10.8. The van der Waals surface area contributed by atoms with Gasteiger partial charge in [0.05, 0.1) is 5.56 Å². The molecule has 1 fully saturated rings. The van der Waals surface area contributed by atoms with Crippen LogP contribution in [-0.4, -0.2) is 19.2 Å². The zero-order chi connectivity index (χ0) is 11.5. The summed E-state index contributed by atoms with van der Waals surface area (Å²) >= 11 is 0. The van der Waals surface area contributed by atoms with Crippen molar-refractivity contribution < 1.29 is 13.5 Å². The third kappa shape index (κ3) is 2.12. The van der Waals surface area contributed by atoms with Crippen molar-refractivity contribution in [1.29, 1.82) is 5.26 Å². The van der Waals surface area contributed by atoms with Crippen molar-refractivity contribution in [2.24, 2.45) is 0 Å². The number of hydrogen-bond acceptors (Lipinski definition) is 3. The van der Waals surface area contributed by atoms with Crippen molar-refractivity contribution in [3.63, 3.8) is 0 Å². The SMILES string of the molecule is N#Cc1cc(F)c(OC2CCNC2)cc1F. The molecule has 0 bridgehead atoms. The van der Waals surface area contributed by atoms with E-state index in [4.69, 9.17) is 10.00 Å². The molecule has 0 amide bonds. The Labute approximate surface area is 91.6 Å². The predicted molar refractivity (Wildman–Crippen MR) is 53.0 cm³/mol. The van der Waals surface area contributed by atoms with Crippen LogP contribution < -0.4 is 10.1 Å². The van der Waals surface area contributed by atoms with Crippen LogP contribution in [0, 0.1) is 23.0 Å². The first-order valence-corrected chi connectivity index (χ1v) is 4.97. The van der Waals surface area contributed by atoms with Gasteiger partial charge in [0, 0.05) is 12.6 Å². The molecule has 0 aromatic heterocycles. The minimum Gasteiger partial charge on any atom is -0.486 e. The molecule has 84 valence electrons. The van der Waals surface area contributed by atoms with E-state index in [0.29, 0.717) is 6.54 Å². The molecule has 1 heterocycles. The van der Waals surface area contributed by atoms with Crippen LogP contribution in [0.4, 0.5) is 8.78 Å². The Balaban J connectivity index is 2.21. The Hall–Kier alpha value is -1.67. The van der Waals surface area contributed by atoms with Gasteiger partial charge in [0.25, 0.3) is 0 Å². The first-order chi connectivity index (χ1) is 7.70. The fourth-order valence-electron chi connectivity index (χ4n) is 1.61. The van der Waals surface area contributed by atoms with Gasteiger partial charge in [-0.3, -0.25) is 0 Å². The van der Waals surface area contributed by atoms with Crippen molar-refractivity contribution in [2.45, 2.75) is 12.5 Å². The third-order valence-corrected chi connectivity index (χ3v) is 2.45. The molecule has 0 saturated carbocycles. The summed E-state index contributed by atoms with van der Waals surface area (Å²) in [5.41, 5.74) is -0.311.